The average Bonchev–Trinajstić information content (AvgIpc) is 3.13. The standard InChI is InChI=1S/C15H23FN2/c1-12(8-9-17-15-6-7-15)18(2)11-13-4-3-5-14(16)10-13/h3-5,10,12,15,17H,6-9,11H2,1-2H3. The van der Waals surface area contributed by atoms with Gasteiger partial charge in [-0.2, -0.15) is 0 Å². The Balaban J connectivity index is 1.73. The SMILES string of the molecule is CC(CCNC1CC1)N(C)Cc1cccc(F)c1. The minimum Gasteiger partial charge on any atom is -0.314 e. The van der Waals surface area contributed by atoms with Crippen molar-refractivity contribution >= 4 is 0 Å². The van der Waals surface area contributed by atoms with Crippen LogP contribution in [0.2, 0.25) is 0 Å². The van der Waals surface area contributed by atoms with Crippen molar-refractivity contribution in [3.63, 3.8) is 0 Å². The molecule has 0 aliphatic heterocycles. The Labute approximate surface area is 109 Å². The average molecular weight is 250 g/mol. The van der Waals surface area contributed by atoms with Crippen molar-refractivity contribution in [3.8, 4) is 0 Å². The third-order valence-electron chi connectivity index (χ3n) is 3.65. The van der Waals surface area contributed by atoms with Crippen molar-refractivity contribution < 1.29 is 4.39 Å². The molecule has 0 amide bonds. The molecule has 1 saturated carbocycles. The molecule has 0 heterocycles. The van der Waals surface area contributed by atoms with Crippen LogP contribution in [0.4, 0.5) is 4.39 Å². The first kappa shape index (κ1) is 13.5. The van der Waals surface area contributed by atoms with Gasteiger partial charge in [0, 0.05) is 18.6 Å². The van der Waals surface area contributed by atoms with Crippen molar-refractivity contribution in [2.75, 3.05) is 13.6 Å². The van der Waals surface area contributed by atoms with Crippen LogP contribution in [-0.4, -0.2) is 30.6 Å². The van der Waals surface area contributed by atoms with Crippen LogP contribution in [-0.2, 0) is 6.54 Å². The molecule has 18 heavy (non-hydrogen) atoms. The zero-order chi connectivity index (χ0) is 13.0. The van der Waals surface area contributed by atoms with Gasteiger partial charge in [-0.25, -0.2) is 4.39 Å². The summed E-state index contributed by atoms with van der Waals surface area (Å²) in [6.07, 6.45) is 3.82. The van der Waals surface area contributed by atoms with Crippen molar-refractivity contribution in [2.45, 2.75) is 44.8 Å². The van der Waals surface area contributed by atoms with Crippen LogP contribution >= 0.6 is 0 Å². The fourth-order valence-corrected chi connectivity index (χ4v) is 2.08. The predicted molar refractivity (Wildman–Crippen MR) is 73.0 cm³/mol. The van der Waals surface area contributed by atoms with Gasteiger partial charge in [0.25, 0.3) is 0 Å². The maximum absolute atomic E-state index is 13.1. The lowest BCUT2D eigenvalue weighted by molar-refractivity contribution is 0.236. The molecule has 1 aliphatic carbocycles. The topological polar surface area (TPSA) is 15.3 Å². The molecule has 100 valence electrons. The van der Waals surface area contributed by atoms with Crippen molar-refractivity contribution in [1.82, 2.24) is 10.2 Å². The molecule has 1 atom stereocenters. The summed E-state index contributed by atoms with van der Waals surface area (Å²) < 4.78 is 13.1. The molecule has 1 aliphatic rings. The van der Waals surface area contributed by atoms with Crippen LogP contribution in [0.3, 0.4) is 0 Å². The highest BCUT2D eigenvalue weighted by Gasteiger charge is 2.20. The van der Waals surface area contributed by atoms with Gasteiger partial charge in [-0.3, -0.25) is 4.90 Å². The van der Waals surface area contributed by atoms with E-state index in [0.29, 0.717) is 6.04 Å². The molecular formula is C15H23FN2. The Morgan fingerprint density at radius 1 is 1.44 bits per heavy atom. The molecule has 1 N–H and O–H groups in total. The number of rotatable bonds is 7. The molecule has 1 aromatic rings. The first-order chi connectivity index (χ1) is 8.65. The van der Waals surface area contributed by atoms with Crippen molar-refractivity contribution in [2.24, 2.45) is 0 Å². The highest BCUT2D eigenvalue weighted by Crippen LogP contribution is 2.18. The molecule has 1 unspecified atom stereocenters. The molecule has 0 bridgehead atoms. The first-order valence-corrected chi connectivity index (χ1v) is 6.83. The van der Waals surface area contributed by atoms with Gasteiger partial charge in [-0.1, -0.05) is 12.1 Å². The molecular weight excluding hydrogens is 227 g/mol. The van der Waals surface area contributed by atoms with Gasteiger partial charge in [0.2, 0.25) is 0 Å². The van der Waals surface area contributed by atoms with Crippen LogP contribution in [0.25, 0.3) is 0 Å². The van der Waals surface area contributed by atoms with Gasteiger partial charge in [0.05, 0.1) is 0 Å². The number of benzene rings is 1. The maximum atomic E-state index is 13.1. The molecule has 0 aromatic heterocycles. The maximum Gasteiger partial charge on any atom is 0.123 e. The smallest absolute Gasteiger partial charge is 0.123 e. The second-order valence-electron chi connectivity index (χ2n) is 5.41. The van der Waals surface area contributed by atoms with Gasteiger partial charge in [0.15, 0.2) is 0 Å². The van der Waals surface area contributed by atoms with E-state index in [-0.39, 0.29) is 5.82 Å². The monoisotopic (exact) mass is 250 g/mol. The summed E-state index contributed by atoms with van der Waals surface area (Å²) in [5.41, 5.74) is 1.04. The van der Waals surface area contributed by atoms with E-state index in [1.165, 1.54) is 18.9 Å². The van der Waals surface area contributed by atoms with Gasteiger partial charge in [-0.05, 0) is 57.5 Å². The Hall–Kier alpha value is -0.930. The Morgan fingerprint density at radius 2 is 2.22 bits per heavy atom. The Bertz CT molecular complexity index is 377. The number of hydrogen-bond acceptors (Lipinski definition) is 2. The van der Waals surface area contributed by atoms with E-state index in [1.54, 1.807) is 12.1 Å². The zero-order valence-corrected chi connectivity index (χ0v) is 11.3. The molecule has 2 rings (SSSR count). The minimum absolute atomic E-state index is 0.149. The van der Waals surface area contributed by atoms with Crippen molar-refractivity contribution in [1.29, 1.82) is 0 Å². The fraction of sp³-hybridized carbons (Fsp3) is 0.600. The van der Waals surface area contributed by atoms with E-state index in [4.69, 9.17) is 0 Å². The third-order valence-corrected chi connectivity index (χ3v) is 3.65. The fourth-order valence-electron chi connectivity index (χ4n) is 2.08. The van der Waals surface area contributed by atoms with Crippen molar-refractivity contribution in [3.05, 3.63) is 35.6 Å². The summed E-state index contributed by atoms with van der Waals surface area (Å²) in [6, 6.07) is 8.16. The summed E-state index contributed by atoms with van der Waals surface area (Å²) >= 11 is 0. The summed E-state index contributed by atoms with van der Waals surface area (Å²) in [6.45, 7) is 4.12. The second kappa shape index (κ2) is 6.30. The lowest BCUT2D eigenvalue weighted by atomic mass is 10.1. The summed E-state index contributed by atoms with van der Waals surface area (Å²) in [4.78, 5) is 2.28. The summed E-state index contributed by atoms with van der Waals surface area (Å²) in [5, 5.41) is 3.53. The quantitative estimate of drug-likeness (QED) is 0.800. The highest BCUT2D eigenvalue weighted by atomic mass is 19.1. The van der Waals surface area contributed by atoms with Crippen LogP contribution in [0.15, 0.2) is 24.3 Å². The molecule has 2 nitrogen and oxygen atoms in total. The first-order valence-electron chi connectivity index (χ1n) is 6.83. The third kappa shape index (κ3) is 4.39. The number of halogens is 1. The van der Waals surface area contributed by atoms with Crippen LogP contribution in [0, 0.1) is 5.82 Å². The van der Waals surface area contributed by atoms with E-state index in [0.717, 1.165) is 31.1 Å². The molecule has 1 fully saturated rings. The molecule has 0 radical (unpaired) electrons. The van der Waals surface area contributed by atoms with Crippen LogP contribution in [0.5, 0.6) is 0 Å². The minimum atomic E-state index is -0.149. The van der Waals surface area contributed by atoms with E-state index in [9.17, 15) is 4.39 Å². The largest absolute Gasteiger partial charge is 0.314 e. The molecule has 0 spiro atoms. The van der Waals surface area contributed by atoms with E-state index >= 15 is 0 Å². The van der Waals surface area contributed by atoms with Gasteiger partial charge in [-0.15, -0.1) is 0 Å². The van der Waals surface area contributed by atoms with E-state index in [2.05, 4.69) is 24.2 Å². The Kier molecular flexibility index (Phi) is 4.72. The normalized spacial score (nSPS) is 17.1. The van der Waals surface area contributed by atoms with Crippen LogP contribution < -0.4 is 5.32 Å². The molecule has 3 heteroatoms. The highest BCUT2D eigenvalue weighted by molar-refractivity contribution is 5.16. The van der Waals surface area contributed by atoms with Crippen LogP contribution in [0.1, 0.15) is 31.7 Å². The summed E-state index contributed by atoms with van der Waals surface area (Å²) in [5.74, 6) is -0.149. The zero-order valence-electron chi connectivity index (χ0n) is 11.3. The number of hydrogen-bond donors (Lipinski definition) is 1. The van der Waals surface area contributed by atoms with Gasteiger partial charge >= 0.3 is 0 Å². The molecule has 1 aromatic carbocycles. The van der Waals surface area contributed by atoms with Gasteiger partial charge < -0.3 is 5.32 Å². The number of nitrogens with zero attached hydrogens (tertiary/aromatic N) is 1. The van der Waals surface area contributed by atoms with E-state index < -0.39 is 0 Å². The molecule has 0 saturated heterocycles. The van der Waals surface area contributed by atoms with Gasteiger partial charge in [0.1, 0.15) is 5.82 Å². The Morgan fingerprint density at radius 3 is 2.89 bits per heavy atom. The second-order valence-corrected chi connectivity index (χ2v) is 5.41. The predicted octanol–water partition coefficient (Wildman–Crippen LogP) is 2.79. The number of nitrogens with one attached hydrogen (secondary N) is 1. The lowest BCUT2D eigenvalue weighted by Crippen LogP contribution is -2.32. The lowest BCUT2D eigenvalue weighted by Gasteiger charge is -2.25. The van der Waals surface area contributed by atoms with E-state index in [1.807, 2.05) is 6.07 Å². The summed E-state index contributed by atoms with van der Waals surface area (Å²) in [7, 11) is 2.10.